The molecule has 0 aliphatic heterocycles. The molecule has 0 atom stereocenters. The smallest absolute Gasteiger partial charge is 0.171 e. The van der Waals surface area contributed by atoms with Crippen molar-refractivity contribution in [3.8, 4) is 11.5 Å². The lowest BCUT2D eigenvalue weighted by Crippen LogP contribution is -2.12. The number of ether oxygens (including phenoxy) is 2. The zero-order valence-corrected chi connectivity index (χ0v) is 11.5. The van der Waals surface area contributed by atoms with Crippen LogP contribution < -0.4 is 9.47 Å². The highest BCUT2D eigenvalue weighted by Gasteiger charge is 2.20. The number of hydrogen-bond acceptors (Lipinski definition) is 4. The van der Waals surface area contributed by atoms with E-state index in [1.54, 1.807) is 13.3 Å². The second-order valence-corrected chi connectivity index (χ2v) is 5.08. The number of halogens is 1. The number of nitrogens with zero attached hydrogens (tertiary/aromatic N) is 2. The molecule has 0 bridgehead atoms. The average molecular weight is 279 g/mol. The van der Waals surface area contributed by atoms with Gasteiger partial charge in [0.15, 0.2) is 16.7 Å². The Morgan fingerprint density at radius 2 is 2.00 bits per heavy atom. The van der Waals surface area contributed by atoms with Gasteiger partial charge in [0.2, 0.25) is 0 Å². The van der Waals surface area contributed by atoms with E-state index in [0.29, 0.717) is 10.9 Å². The van der Waals surface area contributed by atoms with E-state index in [-0.39, 0.29) is 6.10 Å². The van der Waals surface area contributed by atoms with Gasteiger partial charge in [-0.3, -0.25) is 0 Å². The predicted molar refractivity (Wildman–Crippen MR) is 74.0 cm³/mol. The Hall–Kier alpha value is -1.55. The molecule has 1 aromatic carbocycles. The number of methoxy groups -OCH3 is 1. The van der Waals surface area contributed by atoms with Gasteiger partial charge in [-0.2, -0.15) is 5.10 Å². The number of rotatable bonds is 3. The monoisotopic (exact) mass is 278 g/mol. The highest BCUT2D eigenvalue weighted by molar-refractivity contribution is 6.34. The molecule has 1 aliphatic rings. The molecule has 1 aromatic heterocycles. The molecule has 0 unspecified atom stereocenters. The molecule has 1 aliphatic carbocycles. The van der Waals surface area contributed by atoms with E-state index >= 15 is 0 Å². The number of fused-ring (bicyclic) bond motifs is 1. The van der Waals surface area contributed by atoms with Crippen molar-refractivity contribution in [3.63, 3.8) is 0 Å². The van der Waals surface area contributed by atoms with Crippen LogP contribution in [0.1, 0.15) is 25.7 Å². The van der Waals surface area contributed by atoms with Crippen molar-refractivity contribution >= 4 is 22.4 Å². The van der Waals surface area contributed by atoms with Crippen molar-refractivity contribution in [2.45, 2.75) is 31.8 Å². The molecule has 1 saturated carbocycles. The van der Waals surface area contributed by atoms with Gasteiger partial charge in [0.25, 0.3) is 0 Å². The molecule has 5 heteroatoms. The van der Waals surface area contributed by atoms with Gasteiger partial charge in [0.05, 0.1) is 24.8 Å². The van der Waals surface area contributed by atoms with E-state index in [1.807, 2.05) is 12.1 Å². The van der Waals surface area contributed by atoms with Gasteiger partial charge in [-0.25, -0.2) is 0 Å². The van der Waals surface area contributed by atoms with Gasteiger partial charge in [-0.05, 0) is 37.8 Å². The summed E-state index contributed by atoms with van der Waals surface area (Å²) in [5.74, 6) is 1.44. The molecule has 19 heavy (non-hydrogen) atoms. The van der Waals surface area contributed by atoms with E-state index in [1.165, 1.54) is 12.8 Å². The van der Waals surface area contributed by atoms with Crippen LogP contribution >= 0.6 is 11.6 Å². The summed E-state index contributed by atoms with van der Waals surface area (Å²) < 4.78 is 11.5. The van der Waals surface area contributed by atoms with Gasteiger partial charge in [0.1, 0.15) is 0 Å². The molecule has 1 heterocycles. The Morgan fingerprint density at radius 1 is 1.21 bits per heavy atom. The molecular formula is C14H15ClN2O2. The number of aromatic nitrogens is 2. The summed E-state index contributed by atoms with van der Waals surface area (Å²) in [5, 5.41) is 9.84. The Labute approximate surface area is 116 Å². The first-order valence-electron chi connectivity index (χ1n) is 6.44. The SMILES string of the molecule is COc1ccc2c(Cl)nncc2c1OC1CCCC1. The van der Waals surface area contributed by atoms with Gasteiger partial charge in [-0.1, -0.05) is 11.6 Å². The Kier molecular flexibility index (Phi) is 3.42. The van der Waals surface area contributed by atoms with Crippen molar-refractivity contribution in [2.24, 2.45) is 0 Å². The Morgan fingerprint density at radius 3 is 2.74 bits per heavy atom. The summed E-state index contributed by atoms with van der Waals surface area (Å²) in [4.78, 5) is 0. The molecule has 3 rings (SSSR count). The van der Waals surface area contributed by atoms with E-state index < -0.39 is 0 Å². The Balaban J connectivity index is 2.10. The average Bonchev–Trinajstić information content (AvgIpc) is 2.93. The molecular weight excluding hydrogens is 264 g/mol. The maximum atomic E-state index is 6.11. The number of benzene rings is 1. The van der Waals surface area contributed by atoms with E-state index in [2.05, 4.69) is 10.2 Å². The normalized spacial score (nSPS) is 15.9. The highest BCUT2D eigenvalue weighted by atomic mass is 35.5. The maximum absolute atomic E-state index is 6.11. The summed E-state index contributed by atoms with van der Waals surface area (Å²) in [6.07, 6.45) is 6.55. The van der Waals surface area contributed by atoms with Crippen LogP contribution in [-0.2, 0) is 0 Å². The van der Waals surface area contributed by atoms with Crippen LogP contribution in [0.2, 0.25) is 5.15 Å². The third-order valence-electron chi connectivity index (χ3n) is 3.52. The van der Waals surface area contributed by atoms with Crippen LogP contribution in [0.25, 0.3) is 10.8 Å². The van der Waals surface area contributed by atoms with Crippen molar-refractivity contribution in [2.75, 3.05) is 7.11 Å². The Bertz CT molecular complexity index is 597. The molecule has 100 valence electrons. The van der Waals surface area contributed by atoms with Gasteiger partial charge < -0.3 is 9.47 Å². The molecule has 1 fully saturated rings. The maximum Gasteiger partial charge on any atom is 0.171 e. The predicted octanol–water partition coefficient (Wildman–Crippen LogP) is 3.61. The molecule has 4 nitrogen and oxygen atoms in total. The van der Waals surface area contributed by atoms with Crippen LogP contribution in [0.15, 0.2) is 18.3 Å². The summed E-state index contributed by atoms with van der Waals surface area (Å²) in [6.45, 7) is 0. The van der Waals surface area contributed by atoms with Crippen molar-refractivity contribution < 1.29 is 9.47 Å². The standard InChI is InChI=1S/C14H15ClN2O2/c1-18-12-7-6-10-11(8-16-17-14(10)15)13(12)19-9-4-2-3-5-9/h6-9H,2-5H2,1H3. The first-order chi connectivity index (χ1) is 9.29. The van der Waals surface area contributed by atoms with E-state index in [9.17, 15) is 0 Å². The molecule has 0 amide bonds. The lowest BCUT2D eigenvalue weighted by molar-refractivity contribution is 0.203. The minimum absolute atomic E-state index is 0.256. The largest absolute Gasteiger partial charge is 0.493 e. The van der Waals surface area contributed by atoms with Crippen LogP contribution in [0.4, 0.5) is 0 Å². The van der Waals surface area contributed by atoms with Gasteiger partial charge in [-0.15, -0.1) is 5.10 Å². The van der Waals surface area contributed by atoms with Gasteiger partial charge in [0, 0.05) is 5.39 Å². The quantitative estimate of drug-likeness (QED) is 0.860. The van der Waals surface area contributed by atoms with E-state index in [0.717, 1.165) is 29.4 Å². The third-order valence-corrected chi connectivity index (χ3v) is 3.80. The van der Waals surface area contributed by atoms with Crippen LogP contribution in [-0.4, -0.2) is 23.4 Å². The highest BCUT2D eigenvalue weighted by Crippen LogP contribution is 2.39. The van der Waals surface area contributed by atoms with Crippen LogP contribution in [0.3, 0.4) is 0 Å². The summed E-state index contributed by atoms with van der Waals surface area (Å²) in [5.41, 5.74) is 0. The minimum Gasteiger partial charge on any atom is -0.493 e. The summed E-state index contributed by atoms with van der Waals surface area (Å²) in [7, 11) is 1.64. The van der Waals surface area contributed by atoms with Crippen molar-refractivity contribution in [1.82, 2.24) is 10.2 Å². The first kappa shape index (κ1) is 12.5. The fourth-order valence-electron chi connectivity index (χ4n) is 2.53. The summed E-state index contributed by atoms with van der Waals surface area (Å²) >= 11 is 6.07. The molecule has 0 saturated heterocycles. The van der Waals surface area contributed by atoms with Crippen molar-refractivity contribution in [3.05, 3.63) is 23.5 Å². The molecule has 0 radical (unpaired) electrons. The summed E-state index contributed by atoms with van der Waals surface area (Å²) in [6, 6.07) is 3.74. The minimum atomic E-state index is 0.256. The zero-order valence-electron chi connectivity index (χ0n) is 10.7. The third kappa shape index (κ3) is 2.32. The van der Waals surface area contributed by atoms with Crippen LogP contribution in [0, 0.1) is 0 Å². The number of hydrogen-bond donors (Lipinski definition) is 0. The fraction of sp³-hybridized carbons (Fsp3) is 0.429. The molecule has 2 aromatic rings. The fourth-order valence-corrected chi connectivity index (χ4v) is 2.74. The topological polar surface area (TPSA) is 44.2 Å². The lowest BCUT2D eigenvalue weighted by Gasteiger charge is -2.17. The lowest BCUT2D eigenvalue weighted by atomic mass is 10.1. The van der Waals surface area contributed by atoms with Gasteiger partial charge >= 0.3 is 0 Å². The molecule has 0 spiro atoms. The second-order valence-electron chi connectivity index (χ2n) is 4.72. The zero-order chi connectivity index (χ0) is 13.2. The second kappa shape index (κ2) is 5.21. The molecule has 0 N–H and O–H groups in total. The van der Waals surface area contributed by atoms with Crippen LogP contribution in [0.5, 0.6) is 11.5 Å². The van der Waals surface area contributed by atoms with Crippen molar-refractivity contribution in [1.29, 1.82) is 0 Å². The first-order valence-corrected chi connectivity index (χ1v) is 6.82. The van der Waals surface area contributed by atoms with E-state index in [4.69, 9.17) is 21.1 Å².